The number of nitrogens with zero attached hydrogens (tertiary/aromatic N) is 2. The van der Waals surface area contributed by atoms with E-state index in [1.165, 1.54) is 38.9 Å². The molecule has 0 aromatic rings. The maximum Gasteiger partial charge on any atom is 0.0113 e. The Kier molecular flexibility index (Phi) is 4.49. The molecule has 72 valence electrons. The van der Waals surface area contributed by atoms with Crippen LogP contribution in [0.4, 0.5) is 0 Å². The van der Waals surface area contributed by atoms with Crippen LogP contribution in [-0.2, 0) is 0 Å². The van der Waals surface area contributed by atoms with Gasteiger partial charge in [-0.25, -0.2) is 0 Å². The van der Waals surface area contributed by atoms with E-state index in [0.717, 1.165) is 6.04 Å². The van der Waals surface area contributed by atoms with Gasteiger partial charge in [-0.1, -0.05) is 0 Å². The molecular weight excluding hydrogens is 167 g/mol. The van der Waals surface area contributed by atoms with Crippen molar-refractivity contribution in [1.29, 1.82) is 0 Å². The third-order valence-electron chi connectivity index (χ3n) is 2.58. The fourth-order valence-corrected chi connectivity index (χ4v) is 2.05. The molecule has 1 aliphatic rings. The molecule has 0 saturated carbocycles. The Morgan fingerprint density at radius 3 is 2.17 bits per heavy atom. The van der Waals surface area contributed by atoms with E-state index in [1.54, 1.807) is 0 Å². The molecule has 0 spiro atoms. The predicted molar refractivity (Wildman–Crippen MR) is 57.7 cm³/mol. The zero-order valence-corrected chi connectivity index (χ0v) is 9.45. The largest absolute Gasteiger partial charge is 0.300 e. The van der Waals surface area contributed by atoms with Crippen molar-refractivity contribution in [2.75, 3.05) is 38.9 Å². The Bertz CT molecular complexity index is 120. The van der Waals surface area contributed by atoms with E-state index in [4.69, 9.17) is 0 Å². The molecule has 2 nitrogen and oxygen atoms in total. The number of piperazine rings is 1. The van der Waals surface area contributed by atoms with Crippen molar-refractivity contribution in [3.8, 4) is 0 Å². The molecule has 0 bridgehead atoms. The van der Waals surface area contributed by atoms with Gasteiger partial charge in [-0.2, -0.15) is 0 Å². The van der Waals surface area contributed by atoms with Crippen LogP contribution in [0, 0.1) is 0 Å². The third-order valence-corrected chi connectivity index (χ3v) is 2.84. The molecule has 1 atom stereocenters. The molecule has 12 heavy (non-hydrogen) atoms. The highest BCUT2D eigenvalue weighted by atomic mass is 31.0. The van der Waals surface area contributed by atoms with E-state index >= 15 is 0 Å². The van der Waals surface area contributed by atoms with Crippen molar-refractivity contribution in [2.24, 2.45) is 0 Å². The van der Waals surface area contributed by atoms with Gasteiger partial charge in [0.15, 0.2) is 0 Å². The van der Waals surface area contributed by atoms with Gasteiger partial charge in [-0.15, -0.1) is 9.24 Å². The number of hydrogen-bond donors (Lipinski definition) is 0. The summed E-state index contributed by atoms with van der Waals surface area (Å²) in [6.07, 6.45) is 1.21. The minimum atomic E-state index is 0.725. The van der Waals surface area contributed by atoms with E-state index in [-0.39, 0.29) is 0 Å². The number of hydrogen-bond acceptors (Lipinski definition) is 2. The van der Waals surface area contributed by atoms with E-state index in [0.29, 0.717) is 0 Å². The Morgan fingerprint density at radius 2 is 1.75 bits per heavy atom. The Hall–Kier alpha value is 0.350. The van der Waals surface area contributed by atoms with Gasteiger partial charge >= 0.3 is 0 Å². The van der Waals surface area contributed by atoms with Gasteiger partial charge in [0, 0.05) is 38.8 Å². The van der Waals surface area contributed by atoms with Gasteiger partial charge < -0.3 is 4.90 Å². The quantitative estimate of drug-likeness (QED) is 0.607. The SMILES string of the molecule is CC(C)N1CCN(CCP)CC1. The van der Waals surface area contributed by atoms with Crippen LogP contribution >= 0.6 is 9.24 Å². The summed E-state index contributed by atoms with van der Waals surface area (Å²) in [5.41, 5.74) is 0. The van der Waals surface area contributed by atoms with Crippen LogP contribution in [0.1, 0.15) is 13.8 Å². The minimum absolute atomic E-state index is 0.725. The highest BCUT2D eigenvalue weighted by Crippen LogP contribution is 2.05. The molecule has 1 unspecified atom stereocenters. The molecular formula is C9H21N2P. The van der Waals surface area contributed by atoms with Crippen molar-refractivity contribution in [3.05, 3.63) is 0 Å². The van der Waals surface area contributed by atoms with Crippen LogP contribution in [0.15, 0.2) is 0 Å². The van der Waals surface area contributed by atoms with Crippen molar-refractivity contribution in [3.63, 3.8) is 0 Å². The van der Waals surface area contributed by atoms with Crippen LogP contribution in [0.5, 0.6) is 0 Å². The van der Waals surface area contributed by atoms with Crippen molar-refractivity contribution in [1.82, 2.24) is 9.80 Å². The summed E-state index contributed by atoms with van der Waals surface area (Å²) in [5.74, 6) is 0. The van der Waals surface area contributed by atoms with Gasteiger partial charge in [-0.05, 0) is 20.0 Å². The van der Waals surface area contributed by atoms with E-state index in [2.05, 4.69) is 32.9 Å². The summed E-state index contributed by atoms with van der Waals surface area (Å²) in [6.45, 7) is 10.8. The summed E-state index contributed by atoms with van der Waals surface area (Å²) in [7, 11) is 2.80. The van der Waals surface area contributed by atoms with Gasteiger partial charge in [-0.3, -0.25) is 4.90 Å². The fraction of sp³-hybridized carbons (Fsp3) is 1.00. The molecule has 0 N–H and O–H groups in total. The summed E-state index contributed by atoms with van der Waals surface area (Å²) in [4.78, 5) is 5.10. The van der Waals surface area contributed by atoms with Crippen LogP contribution in [0.3, 0.4) is 0 Å². The zero-order chi connectivity index (χ0) is 8.97. The first kappa shape index (κ1) is 10.4. The fourth-order valence-electron chi connectivity index (χ4n) is 1.69. The van der Waals surface area contributed by atoms with Gasteiger partial charge in [0.25, 0.3) is 0 Å². The zero-order valence-electron chi connectivity index (χ0n) is 8.29. The lowest BCUT2D eigenvalue weighted by molar-refractivity contribution is 0.113. The highest BCUT2D eigenvalue weighted by molar-refractivity contribution is 7.16. The maximum absolute atomic E-state index is 2.80. The summed E-state index contributed by atoms with van der Waals surface area (Å²) in [6, 6.07) is 0.725. The van der Waals surface area contributed by atoms with E-state index < -0.39 is 0 Å². The molecule has 0 aromatic carbocycles. The first-order valence-corrected chi connectivity index (χ1v) is 5.72. The molecule has 3 heteroatoms. The lowest BCUT2D eigenvalue weighted by atomic mass is 10.2. The summed E-state index contributed by atoms with van der Waals surface area (Å²) < 4.78 is 0. The smallest absolute Gasteiger partial charge is 0.0113 e. The number of rotatable bonds is 3. The van der Waals surface area contributed by atoms with Crippen LogP contribution in [0.2, 0.25) is 0 Å². The third kappa shape index (κ3) is 3.01. The molecule has 0 radical (unpaired) electrons. The standard InChI is InChI=1S/C9H21N2P/c1-9(2)11-5-3-10(4-6-11)7-8-12/h9H,3-8,12H2,1-2H3. The normalized spacial score (nSPS) is 22.0. The van der Waals surface area contributed by atoms with Crippen LogP contribution in [-0.4, -0.2) is 54.7 Å². The second kappa shape index (κ2) is 5.16. The van der Waals surface area contributed by atoms with Crippen molar-refractivity contribution >= 4 is 9.24 Å². The molecule has 0 aromatic heterocycles. The van der Waals surface area contributed by atoms with Crippen molar-refractivity contribution < 1.29 is 0 Å². The Labute approximate surface area is 78.5 Å². The Balaban J connectivity index is 2.20. The van der Waals surface area contributed by atoms with Crippen molar-refractivity contribution in [2.45, 2.75) is 19.9 Å². The van der Waals surface area contributed by atoms with E-state index in [9.17, 15) is 0 Å². The lowest BCUT2D eigenvalue weighted by Crippen LogP contribution is -2.49. The van der Waals surface area contributed by atoms with Gasteiger partial charge in [0.2, 0.25) is 0 Å². The van der Waals surface area contributed by atoms with Crippen LogP contribution < -0.4 is 0 Å². The average Bonchev–Trinajstić information content (AvgIpc) is 2.06. The molecule has 0 aliphatic carbocycles. The predicted octanol–water partition coefficient (Wildman–Crippen LogP) is 0.887. The molecule has 1 fully saturated rings. The summed E-state index contributed by atoms with van der Waals surface area (Å²) in [5, 5.41) is 0. The molecule has 0 amide bonds. The minimum Gasteiger partial charge on any atom is -0.300 e. The average molecular weight is 188 g/mol. The van der Waals surface area contributed by atoms with E-state index in [1.807, 2.05) is 0 Å². The molecule has 1 heterocycles. The maximum atomic E-state index is 2.80. The topological polar surface area (TPSA) is 6.48 Å². The monoisotopic (exact) mass is 188 g/mol. The first-order chi connectivity index (χ1) is 5.74. The van der Waals surface area contributed by atoms with Gasteiger partial charge in [0.1, 0.15) is 0 Å². The van der Waals surface area contributed by atoms with Gasteiger partial charge in [0.05, 0.1) is 0 Å². The molecule has 1 saturated heterocycles. The first-order valence-electron chi connectivity index (χ1n) is 4.90. The molecule has 1 aliphatic heterocycles. The second-order valence-electron chi connectivity index (χ2n) is 3.76. The van der Waals surface area contributed by atoms with Crippen LogP contribution in [0.25, 0.3) is 0 Å². The molecule has 1 rings (SSSR count). The lowest BCUT2D eigenvalue weighted by Gasteiger charge is -2.36. The summed E-state index contributed by atoms with van der Waals surface area (Å²) >= 11 is 0. The second-order valence-corrected chi connectivity index (χ2v) is 4.34. The Morgan fingerprint density at radius 1 is 1.17 bits per heavy atom. The highest BCUT2D eigenvalue weighted by Gasteiger charge is 2.17.